The third kappa shape index (κ3) is 5.73. The van der Waals surface area contributed by atoms with Gasteiger partial charge in [0, 0.05) is 30.2 Å². The van der Waals surface area contributed by atoms with Gasteiger partial charge in [-0.1, -0.05) is 46.0 Å². The Kier molecular flexibility index (Phi) is 7.14. The summed E-state index contributed by atoms with van der Waals surface area (Å²) in [4.78, 5) is 38.2. The van der Waals surface area contributed by atoms with Crippen molar-refractivity contribution in [3.8, 4) is 10.6 Å². The summed E-state index contributed by atoms with van der Waals surface area (Å²) in [5, 5.41) is 15.2. The van der Waals surface area contributed by atoms with Crippen molar-refractivity contribution in [2.75, 3.05) is 18.5 Å². The number of nitrogens with one attached hydrogen (secondary N) is 2. The molecular weight excluding hydrogens is 404 g/mol. The Bertz CT molecular complexity index is 920. The Labute approximate surface area is 180 Å². The first-order valence-corrected chi connectivity index (χ1v) is 10.4. The summed E-state index contributed by atoms with van der Waals surface area (Å²) < 4.78 is 0. The fraction of sp³-hybridized carbons (Fsp3) is 0.550. The summed E-state index contributed by atoms with van der Waals surface area (Å²) in [6.07, 6.45) is 1.72. The molecule has 2 heterocycles. The summed E-state index contributed by atoms with van der Waals surface area (Å²) in [6.45, 7) is 11.2. The van der Waals surface area contributed by atoms with Crippen molar-refractivity contribution < 1.29 is 14.7 Å². The van der Waals surface area contributed by atoms with Crippen molar-refractivity contribution in [1.82, 2.24) is 20.3 Å². The molecule has 0 aliphatic carbocycles. The smallest absolute Gasteiger partial charge is 0.321 e. The molecule has 0 aliphatic heterocycles. The van der Waals surface area contributed by atoms with E-state index in [9.17, 15) is 14.7 Å². The molecule has 9 nitrogen and oxygen atoms in total. The number of carbonyl (C=O) groups excluding carboxylic acids is 2. The van der Waals surface area contributed by atoms with Gasteiger partial charge in [0.15, 0.2) is 5.13 Å². The first-order chi connectivity index (χ1) is 13.8. The fourth-order valence-electron chi connectivity index (χ4n) is 2.74. The number of thiazole rings is 1. The van der Waals surface area contributed by atoms with Crippen LogP contribution in [0.4, 0.5) is 9.93 Å². The van der Waals surface area contributed by atoms with Gasteiger partial charge < -0.3 is 16.2 Å². The standard InChI is InChI=1S/C20H30N6O3S/c1-11-14(13-7-8-22-16(25-13)19(2,3)4)30-18(24-11)26-17(29)23-9-12(15(21)28)20(5,6)10-27/h7-8,12,27H,9-10H2,1-6H3,(H2,21,28)(H2,23,24,26,29). The minimum absolute atomic E-state index is 0.00674. The number of amides is 3. The van der Waals surface area contributed by atoms with Gasteiger partial charge in [-0.15, -0.1) is 0 Å². The molecule has 1 atom stereocenters. The van der Waals surface area contributed by atoms with Crippen LogP contribution in [0.3, 0.4) is 0 Å². The lowest BCUT2D eigenvalue weighted by atomic mass is 9.79. The van der Waals surface area contributed by atoms with Gasteiger partial charge in [0.2, 0.25) is 5.91 Å². The zero-order chi connectivity index (χ0) is 22.7. The van der Waals surface area contributed by atoms with E-state index in [1.165, 1.54) is 11.3 Å². The molecule has 0 spiro atoms. The highest BCUT2D eigenvalue weighted by molar-refractivity contribution is 7.19. The maximum atomic E-state index is 12.3. The number of aromatic nitrogens is 3. The molecule has 164 valence electrons. The number of hydrogen-bond acceptors (Lipinski definition) is 7. The van der Waals surface area contributed by atoms with Crippen LogP contribution in [0.25, 0.3) is 10.6 Å². The second-order valence-corrected chi connectivity index (χ2v) is 9.88. The van der Waals surface area contributed by atoms with E-state index in [4.69, 9.17) is 5.73 Å². The lowest BCUT2D eigenvalue weighted by Crippen LogP contribution is -2.46. The fourth-order valence-corrected chi connectivity index (χ4v) is 3.67. The van der Waals surface area contributed by atoms with Gasteiger partial charge in [-0.05, 0) is 13.0 Å². The molecule has 30 heavy (non-hydrogen) atoms. The van der Waals surface area contributed by atoms with E-state index < -0.39 is 23.3 Å². The second-order valence-electron chi connectivity index (χ2n) is 8.89. The third-order valence-electron chi connectivity index (χ3n) is 4.74. The number of hydrogen-bond donors (Lipinski definition) is 4. The van der Waals surface area contributed by atoms with Crippen molar-refractivity contribution in [3.05, 3.63) is 23.8 Å². The molecule has 0 aliphatic rings. The Morgan fingerprint density at radius 1 is 1.23 bits per heavy atom. The predicted octanol–water partition coefficient (Wildman–Crippen LogP) is 2.45. The number of carbonyl (C=O) groups is 2. The van der Waals surface area contributed by atoms with Crippen LogP contribution in [-0.2, 0) is 10.2 Å². The molecule has 0 saturated carbocycles. The maximum absolute atomic E-state index is 12.3. The van der Waals surface area contributed by atoms with Crippen LogP contribution in [0.5, 0.6) is 0 Å². The van der Waals surface area contributed by atoms with Crippen molar-refractivity contribution >= 4 is 28.4 Å². The van der Waals surface area contributed by atoms with Crippen molar-refractivity contribution in [1.29, 1.82) is 0 Å². The normalized spacial score (nSPS) is 13.0. The van der Waals surface area contributed by atoms with Crippen LogP contribution >= 0.6 is 11.3 Å². The maximum Gasteiger partial charge on any atom is 0.321 e. The summed E-state index contributed by atoms with van der Waals surface area (Å²) >= 11 is 1.31. The molecule has 0 aromatic carbocycles. The van der Waals surface area contributed by atoms with Gasteiger partial charge in [-0.3, -0.25) is 10.1 Å². The van der Waals surface area contributed by atoms with Crippen LogP contribution in [0.15, 0.2) is 12.3 Å². The quantitative estimate of drug-likeness (QED) is 0.527. The van der Waals surface area contributed by atoms with Crippen LogP contribution in [0.2, 0.25) is 0 Å². The van der Waals surface area contributed by atoms with Gasteiger partial charge in [0.25, 0.3) is 0 Å². The third-order valence-corrected chi connectivity index (χ3v) is 5.83. The number of rotatable bonds is 7. The van der Waals surface area contributed by atoms with E-state index in [2.05, 4.69) is 25.6 Å². The highest BCUT2D eigenvalue weighted by Crippen LogP contribution is 2.32. The molecule has 2 aromatic heterocycles. The highest BCUT2D eigenvalue weighted by Gasteiger charge is 2.33. The number of nitrogens with two attached hydrogens (primary N) is 1. The molecule has 1 unspecified atom stereocenters. The molecule has 0 saturated heterocycles. The second kappa shape index (κ2) is 9.05. The van der Waals surface area contributed by atoms with E-state index >= 15 is 0 Å². The van der Waals surface area contributed by atoms with Gasteiger partial charge in [-0.2, -0.15) is 0 Å². The zero-order valence-corrected chi connectivity index (χ0v) is 19.1. The number of anilines is 1. The molecule has 2 rings (SSSR count). The molecule has 0 bridgehead atoms. The predicted molar refractivity (Wildman–Crippen MR) is 117 cm³/mol. The number of primary amides is 1. The van der Waals surface area contributed by atoms with Crippen LogP contribution in [-0.4, -0.2) is 45.1 Å². The van der Waals surface area contributed by atoms with E-state index in [0.29, 0.717) is 5.13 Å². The average Bonchev–Trinajstić information content (AvgIpc) is 3.00. The summed E-state index contributed by atoms with van der Waals surface area (Å²) in [6, 6.07) is 1.31. The Balaban J connectivity index is 2.11. The summed E-state index contributed by atoms with van der Waals surface area (Å²) in [7, 11) is 0. The number of aryl methyl sites for hydroxylation is 1. The molecule has 3 amide bonds. The topological polar surface area (TPSA) is 143 Å². The van der Waals surface area contributed by atoms with E-state index in [-0.39, 0.29) is 18.6 Å². The lowest BCUT2D eigenvalue weighted by molar-refractivity contribution is -0.126. The first-order valence-electron chi connectivity index (χ1n) is 9.61. The van der Waals surface area contributed by atoms with Crippen LogP contribution in [0, 0.1) is 18.3 Å². The van der Waals surface area contributed by atoms with Gasteiger partial charge in [0.1, 0.15) is 5.82 Å². The highest BCUT2D eigenvalue weighted by atomic mass is 32.1. The summed E-state index contributed by atoms with van der Waals surface area (Å²) in [5.74, 6) is -0.567. The van der Waals surface area contributed by atoms with Crippen LogP contribution in [0.1, 0.15) is 46.1 Å². The number of urea groups is 1. The van der Waals surface area contributed by atoms with Crippen molar-refractivity contribution in [2.24, 2.45) is 17.1 Å². The summed E-state index contributed by atoms with van der Waals surface area (Å²) in [5.41, 5.74) is 5.98. The molecular formula is C20H30N6O3S. The van der Waals surface area contributed by atoms with E-state index in [1.807, 2.05) is 33.8 Å². The van der Waals surface area contributed by atoms with Crippen molar-refractivity contribution in [2.45, 2.75) is 47.0 Å². The van der Waals surface area contributed by atoms with Gasteiger partial charge >= 0.3 is 6.03 Å². The van der Waals surface area contributed by atoms with E-state index in [1.54, 1.807) is 20.0 Å². The minimum atomic E-state index is -0.748. The lowest BCUT2D eigenvalue weighted by Gasteiger charge is -2.30. The minimum Gasteiger partial charge on any atom is -0.396 e. The van der Waals surface area contributed by atoms with E-state index in [0.717, 1.165) is 22.1 Å². The van der Waals surface area contributed by atoms with Crippen LogP contribution < -0.4 is 16.4 Å². The first kappa shape index (κ1) is 23.7. The monoisotopic (exact) mass is 434 g/mol. The number of aliphatic hydroxyl groups is 1. The molecule has 0 fully saturated rings. The molecule has 0 radical (unpaired) electrons. The van der Waals surface area contributed by atoms with Gasteiger partial charge in [-0.25, -0.2) is 19.7 Å². The molecule has 10 heteroatoms. The molecule has 5 N–H and O–H groups in total. The Morgan fingerprint density at radius 3 is 2.47 bits per heavy atom. The largest absolute Gasteiger partial charge is 0.396 e. The van der Waals surface area contributed by atoms with Gasteiger partial charge in [0.05, 0.1) is 22.2 Å². The number of aliphatic hydroxyl groups excluding tert-OH is 1. The van der Waals surface area contributed by atoms with Crippen molar-refractivity contribution in [3.63, 3.8) is 0 Å². The average molecular weight is 435 g/mol. The SMILES string of the molecule is Cc1nc(NC(=O)NCC(C(N)=O)C(C)(C)CO)sc1-c1ccnc(C(C)(C)C)n1. The Morgan fingerprint density at radius 2 is 1.90 bits per heavy atom. The molecule has 2 aromatic rings. The number of nitrogens with zero attached hydrogens (tertiary/aromatic N) is 3. The zero-order valence-electron chi connectivity index (χ0n) is 18.2. The Hall–Kier alpha value is -2.59.